The van der Waals surface area contributed by atoms with E-state index in [1.165, 1.54) is 12.2 Å². The largest absolute Gasteiger partial charge is 0.465 e. The molecule has 182 valence electrons. The predicted octanol–water partition coefficient (Wildman–Crippen LogP) is 5.87. The van der Waals surface area contributed by atoms with Crippen LogP contribution in [-0.4, -0.2) is 36.9 Å². The molecule has 0 radical (unpaired) electrons. The molecule has 0 aromatic heterocycles. The summed E-state index contributed by atoms with van der Waals surface area (Å²) >= 11 is 1.64. The molecular formula is C28H29NO5S. The number of hydrogen-bond acceptors (Lipinski definition) is 6. The minimum atomic E-state index is -0.416. The first kappa shape index (κ1) is 25.0. The van der Waals surface area contributed by atoms with E-state index in [0.29, 0.717) is 30.0 Å². The number of hydroxylamine groups is 2. The fourth-order valence-electron chi connectivity index (χ4n) is 3.79. The molecule has 0 N–H and O–H groups in total. The smallest absolute Gasteiger partial charge is 0.338 e. The highest BCUT2D eigenvalue weighted by molar-refractivity contribution is 7.98. The van der Waals surface area contributed by atoms with Gasteiger partial charge in [-0.25, -0.2) is 14.7 Å². The summed E-state index contributed by atoms with van der Waals surface area (Å²) in [4.78, 5) is 32.2. The van der Waals surface area contributed by atoms with Crippen molar-refractivity contribution in [3.05, 3.63) is 101 Å². The summed E-state index contributed by atoms with van der Waals surface area (Å²) in [7, 11) is 1.39. The van der Waals surface area contributed by atoms with Gasteiger partial charge in [0.25, 0.3) is 5.91 Å². The Kier molecular flexibility index (Phi) is 8.95. The maximum absolute atomic E-state index is 13.2. The maximum Gasteiger partial charge on any atom is 0.338 e. The number of rotatable bonds is 9. The lowest BCUT2D eigenvalue weighted by Gasteiger charge is -2.29. The SMILES string of the molecule is COC(=O)c1ccccc1CSc1ccc(CN(OC2CCCCO2)C(=O)c2ccccc2)cc1. The molecule has 0 saturated carbocycles. The molecule has 7 heteroatoms. The van der Waals surface area contributed by atoms with Gasteiger partial charge in [0, 0.05) is 29.2 Å². The Morgan fingerprint density at radius 1 is 0.971 bits per heavy atom. The molecule has 4 rings (SSSR count). The van der Waals surface area contributed by atoms with E-state index in [9.17, 15) is 9.59 Å². The molecule has 3 aromatic carbocycles. The van der Waals surface area contributed by atoms with Gasteiger partial charge in [-0.3, -0.25) is 4.79 Å². The van der Waals surface area contributed by atoms with Crippen LogP contribution in [0.1, 0.15) is 51.1 Å². The maximum atomic E-state index is 13.2. The normalized spacial score (nSPS) is 15.4. The van der Waals surface area contributed by atoms with E-state index in [1.54, 1.807) is 30.0 Å². The summed E-state index contributed by atoms with van der Waals surface area (Å²) in [5, 5.41) is 1.40. The van der Waals surface area contributed by atoms with Gasteiger partial charge in [0.2, 0.25) is 0 Å². The molecule has 6 nitrogen and oxygen atoms in total. The zero-order chi connectivity index (χ0) is 24.5. The molecule has 0 bridgehead atoms. The summed E-state index contributed by atoms with van der Waals surface area (Å²) in [5.41, 5.74) is 3.02. The molecule has 1 unspecified atom stereocenters. The van der Waals surface area contributed by atoms with Gasteiger partial charge < -0.3 is 9.47 Å². The van der Waals surface area contributed by atoms with E-state index >= 15 is 0 Å². The third-order valence-corrected chi connectivity index (χ3v) is 6.76. The molecular weight excluding hydrogens is 462 g/mol. The lowest BCUT2D eigenvalue weighted by atomic mass is 10.1. The Morgan fingerprint density at radius 2 is 1.71 bits per heavy atom. The number of carbonyl (C=O) groups excluding carboxylic acids is 2. The van der Waals surface area contributed by atoms with Crippen molar-refractivity contribution in [2.45, 2.75) is 42.7 Å². The van der Waals surface area contributed by atoms with E-state index in [-0.39, 0.29) is 11.9 Å². The predicted molar refractivity (Wildman–Crippen MR) is 135 cm³/mol. The van der Waals surface area contributed by atoms with Crippen molar-refractivity contribution in [3.8, 4) is 0 Å². The van der Waals surface area contributed by atoms with Crippen molar-refractivity contribution in [2.24, 2.45) is 0 Å². The summed E-state index contributed by atoms with van der Waals surface area (Å²) in [6, 6.07) is 24.6. The Labute approximate surface area is 210 Å². The Balaban J connectivity index is 1.42. The Hall–Kier alpha value is -3.13. The summed E-state index contributed by atoms with van der Waals surface area (Å²) in [5.74, 6) is 0.116. The van der Waals surface area contributed by atoms with Crippen LogP contribution in [0.3, 0.4) is 0 Å². The lowest BCUT2D eigenvalue weighted by molar-refractivity contribution is -0.270. The van der Waals surface area contributed by atoms with Crippen LogP contribution in [0.15, 0.2) is 83.8 Å². The summed E-state index contributed by atoms with van der Waals surface area (Å²) in [6.45, 7) is 0.951. The monoisotopic (exact) mass is 491 g/mol. The van der Waals surface area contributed by atoms with Gasteiger partial charge in [-0.1, -0.05) is 48.5 Å². The number of nitrogens with zero attached hydrogens (tertiary/aromatic N) is 1. The number of ether oxygens (including phenoxy) is 2. The molecule has 1 aliphatic heterocycles. The zero-order valence-corrected chi connectivity index (χ0v) is 20.5. The lowest BCUT2D eigenvalue weighted by Crippen LogP contribution is -2.37. The molecule has 1 saturated heterocycles. The van der Waals surface area contributed by atoms with Crippen molar-refractivity contribution >= 4 is 23.6 Å². The van der Waals surface area contributed by atoms with E-state index in [4.69, 9.17) is 14.3 Å². The van der Waals surface area contributed by atoms with Gasteiger partial charge in [0.05, 0.1) is 19.2 Å². The molecule has 1 aliphatic rings. The van der Waals surface area contributed by atoms with Crippen molar-refractivity contribution in [1.29, 1.82) is 0 Å². The van der Waals surface area contributed by atoms with Gasteiger partial charge in [0.15, 0.2) is 6.29 Å². The third kappa shape index (κ3) is 6.94. The first-order chi connectivity index (χ1) is 17.1. The first-order valence-electron chi connectivity index (χ1n) is 11.7. The second-order valence-corrected chi connectivity index (χ2v) is 9.24. The van der Waals surface area contributed by atoms with E-state index in [2.05, 4.69) is 0 Å². The van der Waals surface area contributed by atoms with E-state index < -0.39 is 6.29 Å². The number of carbonyl (C=O) groups is 2. The van der Waals surface area contributed by atoms with E-state index in [1.807, 2.05) is 60.7 Å². The average Bonchev–Trinajstić information content (AvgIpc) is 2.92. The van der Waals surface area contributed by atoms with Crippen LogP contribution < -0.4 is 0 Å². The van der Waals surface area contributed by atoms with Crippen LogP contribution in [0.4, 0.5) is 0 Å². The van der Waals surface area contributed by atoms with Gasteiger partial charge in [-0.15, -0.1) is 11.8 Å². The second kappa shape index (κ2) is 12.5. The summed E-state index contributed by atoms with van der Waals surface area (Å²) < 4.78 is 10.6. The fraction of sp³-hybridized carbons (Fsp3) is 0.286. The first-order valence-corrected chi connectivity index (χ1v) is 12.7. The van der Waals surface area contributed by atoms with Gasteiger partial charge in [-0.05, 0) is 54.3 Å². The van der Waals surface area contributed by atoms with Crippen molar-refractivity contribution in [2.75, 3.05) is 13.7 Å². The number of methoxy groups -OCH3 is 1. The number of benzene rings is 3. The van der Waals surface area contributed by atoms with Crippen LogP contribution in [-0.2, 0) is 26.6 Å². The molecule has 3 aromatic rings. The summed E-state index contributed by atoms with van der Waals surface area (Å²) in [6.07, 6.45) is 2.38. The number of amides is 1. The third-order valence-electron chi connectivity index (χ3n) is 5.70. The standard InChI is InChI=1S/C28H29NO5S/c1-32-28(31)25-12-6-5-11-23(25)20-35-24-16-14-21(15-17-24)19-29(34-26-13-7-8-18-33-26)27(30)22-9-3-2-4-10-22/h2-6,9-12,14-17,26H,7-8,13,18-20H2,1H3. The van der Waals surface area contributed by atoms with Gasteiger partial charge in [0.1, 0.15) is 0 Å². The Morgan fingerprint density at radius 3 is 2.43 bits per heavy atom. The van der Waals surface area contributed by atoms with Gasteiger partial charge >= 0.3 is 5.97 Å². The van der Waals surface area contributed by atoms with Gasteiger partial charge in [-0.2, -0.15) is 0 Å². The second-order valence-electron chi connectivity index (χ2n) is 8.19. The van der Waals surface area contributed by atoms with Crippen LogP contribution in [0, 0.1) is 0 Å². The zero-order valence-electron chi connectivity index (χ0n) is 19.7. The fourth-order valence-corrected chi connectivity index (χ4v) is 4.69. The number of hydrogen-bond donors (Lipinski definition) is 0. The topological polar surface area (TPSA) is 65.1 Å². The van der Waals surface area contributed by atoms with Crippen LogP contribution in [0.25, 0.3) is 0 Å². The highest BCUT2D eigenvalue weighted by atomic mass is 32.2. The Bertz CT molecular complexity index is 1110. The van der Waals surface area contributed by atoms with E-state index in [0.717, 1.165) is 35.3 Å². The highest BCUT2D eigenvalue weighted by Gasteiger charge is 2.24. The molecule has 1 fully saturated rings. The van der Waals surface area contributed by atoms with Crippen LogP contribution >= 0.6 is 11.8 Å². The van der Waals surface area contributed by atoms with Crippen molar-refractivity contribution in [3.63, 3.8) is 0 Å². The highest BCUT2D eigenvalue weighted by Crippen LogP contribution is 2.26. The molecule has 1 amide bonds. The molecule has 1 heterocycles. The molecule has 35 heavy (non-hydrogen) atoms. The number of esters is 1. The van der Waals surface area contributed by atoms with Crippen LogP contribution in [0.2, 0.25) is 0 Å². The minimum Gasteiger partial charge on any atom is -0.465 e. The average molecular weight is 492 g/mol. The van der Waals surface area contributed by atoms with Crippen molar-refractivity contribution < 1.29 is 23.9 Å². The molecule has 0 spiro atoms. The molecule has 1 atom stereocenters. The quantitative estimate of drug-likeness (QED) is 0.212. The van der Waals surface area contributed by atoms with Crippen LogP contribution in [0.5, 0.6) is 0 Å². The number of thioether (sulfide) groups is 1. The molecule has 0 aliphatic carbocycles. The minimum absolute atomic E-state index is 0.197. The van der Waals surface area contributed by atoms with Crippen molar-refractivity contribution in [1.82, 2.24) is 5.06 Å².